The monoisotopic (exact) mass is 240 g/mol. The molecular formula is C13H24N2S. The Labute approximate surface area is 104 Å². The minimum atomic E-state index is 0.194. The third-order valence-corrected chi connectivity index (χ3v) is 3.44. The molecule has 0 aliphatic carbocycles. The Morgan fingerprint density at radius 3 is 2.44 bits per heavy atom. The first-order valence-corrected chi connectivity index (χ1v) is 6.57. The topological polar surface area (TPSA) is 15.3 Å². The highest BCUT2D eigenvalue weighted by atomic mass is 32.1. The van der Waals surface area contributed by atoms with Crippen LogP contribution in [0.2, 0.25) is 0 Å². The summed E-state index contributed by atoms with van der Waals surface area (Å²) in [5.74, 6) is 0. The molecule has 0 aliphatic rings. The Balaban J connectivity index is 2.62. The highest BCUT2D eigenvalue weighted by Crippen LogP contribution is 2.22. The molecule has 0 unspecified atom stereocenters. The molecule has 0 spiro atoms. The Hall–Kier alpha value is -0.380. The fourth-order valence-electron chi connectivity index (χ4n) is 1.52. The molecule has 92 valence electrons. The summed E-state index contributed by atoms with van der Waals surface area (Å²) in [4.78, 5) is 5.10. The number of hydrogen-bond donors (Lipinski definition) is 1. The fourth-order valence-corrected chi connectivity index (χ4v) is 2.52. The molecule has 0 saturated carbocycles. The summed E-state index contributed by atoms with van der Waals surface area (Å²) in [5, 5.41) is 3.53. The van der Waals surface area contributed by atoms with Crippen molar-refractivity contribution in [1.29, 1.82) is 0 Å². The van der Waals surface area contributed by atoms with Gasteiger partial charge in [0.05, 0.1) is 0 Å². The number of thiophene rings is 1. The average Bonchev–Trinajstić information content (AvgIpc) is 2.42. The molecule has 0 saturated heterocycles. The van der Waals surface area contributed by atoms with Crippen LogP contribution >= 0.6 is 11.3 Å². The number of rotatable bonds is 4. The van der Waals surface area contributed by atoms with E-state index < -0.39 is 0 Å². The van der Waals surface area contributed by atoms with Gasteiger partial charge in [-0.05, 0) is 53.4 Å². The lowest BCUT2D eigenvalue weighted by Crippen LogP contribution is -2.34. The Kier molecular flexibility index (Phi) is 4.53. The van der Waals surface area contributed by atoms with E-state index in [9.17, 15) is 0 Å². The largest absolute Gasteiger partial charge is 0.307 e. The molecule has 0 bridgehead atoms. The molecule has 1 N–H and O–H groups in total. The van der Waals surface area contributed by atoms with E-state index in [1.165, 1.54) is 15.3 Å². The molecule has 0 aromatic carbocycles. The quantitative estimate of drug-likeness (QED) is 0.870. The van der Waals surface area contributed by atoms with Crippen LogP contribution in [0.15, 0.2) is 6.07 Å². The lowest BCUT2D eigenvalue weighted by molar-refractivity contribution is 0.401. The van der Waals surface area contributed by atoms with Crippen molar-refractivity contribution in [1.82, 2.24) is 10.2 Å². The predicted octanol–water partition coefficient (Wildman–Crippen LogP) is 3.01. The smallest absolute Gasteiger partial charge is 0.0304 e. The van der Waals surface area contributed by atoms with Gasteiger partial charge in [0.1, 0.15) is 0 Å². The normalized spacial score (nSPS) is 12.4. The first kappa shape index (κ1) is 13.7. The van der Waals surface area contributed by atoms with Gasteiger partial charge in [0.2, 0.25) is 0 Å². The van der Waals surface area contributed by atoms with E-state index in [2.05, 4.69) is 58.1 Å². The Bertz CT molecular complexity index is 334. The maximum atomic E-state index is 3.53. The summed E-state index contributed by atoms with van der Waals surface area (Å²) < 4.78 is 0. The zero-order chi connectivity index (χ0) is 12.3. The van der Waals surface area contributed by atoms with Crippen LogP contribution in [0.3, 0.4) is 0 Å². The third-order valence-electron chi connectivity index (χ3n) is 2.35. The minimum Gasteiger partial charge on any atom is -0.307 e. The van der Waals surface area contributed by atoms with Crippen LogP contribution in [0, 0.1) is 6.92 Å². The maximum Gasteiger partial charge on any atom is 0.0304 e. The molecule has 0 aliphatic heterocycles. The van der Waals surface area contributed by atoms with Crippen molar-refractivity contribution in [3.05, 3.63) is 21.4 Å². The number of aryl methyl sites for hydroxylation is 1. The molecule has 1 aromatic heterocycles. The summed E-state index contributed by atoms with van der Waals surface area (Å²) >= 11 is 1.91. The van der Waals surface area contributed by atoms with Gasteiger partial charge in [-0.2, -0.15) is 0 Å². The second-order valence-electron chi connectivity index (χ2n) is 5.64. The van der Waals surface area contributed by atoms with Gasteiger partial charge in [-0.1, -0.05) is 0 Å². The van der Waals surface area contributed by atoms with Gasteiger partial charge in [-0.3, -0.25) is 0 Å². The van der Waals surface area contributed by atoms with E-state index in [1.54, 1.807) is 0 Å². The zero-order valence-electron chi connectivity index (χ0n) is 11.3. The number of nitrogens with zero attached hydrogens (tertiary/aromatic N) is 1. The fraction of sp³-hybridized carbons (Fsp3) is 0.692. The van der Waals surface area contributed by atoms with Gasteiger partial charge in [-0.25, -0.2) is 0 Å². The van der Waals surface area contributed by atoms with Crippen molar-refractivity contribution in [2.45, 2.75) is 46.3 Å². The van der Waals surface area contributed by atoms with Gasteiger partial charge in [-0.15, -0.1) is 11.3 Å². The van der Waals surface area contributed by atoms with Crippen molar-refractivity contribution >= 4 is 11.3 Å². The molecular weight excluding hydrogens is 216 g/mol. The molecule has 1 aromatic rings. The van der Waals surface area contributed by atoms with Crippen molar-refractivity contribution in [3.8, 4) is 0 Å². The third kappa shape index (κ3) is 4.64. The van der Waals surface area contributed by atoms with Gasteiger partial charge >= 0.3 is 0 Å². The predicted molar refractivity (Wildman–Crippen MR) is 73.0 cm³/mol. The van der Waals surface area contributed by atoms with Crippen LogP contribution in [0.25, 0.3) is 0 Å². The van der Waals surface area contributed by atoms with E-state index in [0.717, 1.165) is 13.1 Å². The zero-order valence-corrected chi connectivity index (χ0v) is 12.2. The molecule has 3 heteroatoms. The summed E-state index contributed by atoms with van der Waals surface area (Å²) in [5.41, 5.74) is 1.65. The highest BCUT2D eigenvalue weighted by molar-refractivity contribution is 7.12. The van der Waals surface area contributed by atoms with Crippen LogP contribution in [0.5, 0.6) is 0 Å². The van der Waals surface area contributed by atoms with Crippen LogP contribution in [-0.2, 0) is 13.1 Å². The van der Waals surface area contributed by atoms with Gasteiger partial charge in [0.15, 0.2) is 0 Å². The minimum absolute atomic E-state index is 0.194. The molecule has 0 radical (unpaired) electrons. The van der Waals surface area contributed by atoms with E-state index in [-0.39, 0.29) is 5.54 Å². The van der Waals surface area contributed by atoms with Gasteiger partial charge < -0.3 is 10.2 Å². The van der Waals surface area contributed by atoms with Crippen LogP contribution < -0.4 is 5.32 Å². The standard InChI is InChI=1S/C13H24N2S/c1-10-11(9-15(5)6)7-12(16-10)8-14-13(2,3)4/h7,14H,8-9H2,1-6H3. The van der Waals surface area contributed by atoms with Crippen molar-refractivity contribution in [2.75, 3.05) is 14.1 Å². The van der Waals surface area contributed by atoms with Crippen LogP contribution in [0.4, 0.5) is 0 Å². The molecule has 0 fully saturated rings. The molecule has 0 amide bonds. The van der Waals surface area contributed by atoms with E-state index in [0.29, 0.717) is 0 Å². The maximum absolute atomic E-state index is 3.53. The van der Waals surface area contributed by atoms with E-state index in [4.69, 9.17) is 0 Å². The van der Waals surface area contributed by atoms with E-state index in [1.807, 2.05) is 11.3 Å². The summed E-state index contributed by atoms with van der Waals surface area (Å²) in [6.07, 6.45) is 0. The molecule has 16 heavy (non-hydrogen) atoms. The highest BCUT2D eigenvalue weighted by Gasteiger charge is 2.11. The van der Waals surface area contributed by atoms with Crippen molar-refractivity contribution in [2.24, 2.45) is 0 Å². The first-order chi connectivity index (χ1) is 7.28. The molecule has 2 nitrogen and oxygen atoms in total. The molecule has 0 atom stereocenters. The van der Waals surface area contributed by atoms with Gasteiger partial charge in [0, 0.05) is 28.4 Å². The second-order valence-corrected chi connectivity index (χ2v) is 6.98. The Morgan fingerprint density at radius 1 is 1.31 bits per heavy atom. The summed E-state index contributed by atoms with van der Waals surface area (Å²) in [7, 11) is 4.23. The lowest BCUT2D eigenvalue weighted by Gasteiger charge is -2.19. The van der Waals surface area contributed by atoms with Crippen molar-refractivity contribution in [3.63, 3.8) is 0 Å². The molecule has 1 heterocycles. The average molecular weight is 240 g/mol. The SMILES string of the molecule is Cc1sc(CNC(C)(C)C)cc1CN(C)C. The number of nitrogens with one attached hydrogen (secondary N) is 1. The number of hydrogen-bond acceptors (Lipinski definition) is 3. The molecule has 1 rings (SSSR count). The Morgan fingerprint density at radius 2 is 1.94 bits per heavy atom. The summed E-state index contributed by atoms with van der Waals surface area (Å²) in [6.45, 7) is 10.8. The summed E-state index contributed by atoms with van der Waals surface area (Å²) in [6, 6.07) is 2.33. The first-order valence-electron chi connectivity index (χ1n) is 5.76. The lowest BCUT2D eigenvalue weighted by atomic mass is 10.1. The van der Waals surface area contributed by atoms with E-state index >= 15 is 0 Å². The van der Waals surface area contributed by atoms with Crippen molar-refractivity contribution < 1.29 is 0 Å². The van der Waals surface area contributed by atoms with Crippen LogP contribution in [0.1, 0.15) is 36.1 Å². The van der Waals surface area contributed by atoms with Crippen LogP contribution in [-0.4, -0.2) is 24.5 Å². The second kappa shape index (κ2) is 5.30. The van der Waals surface area contributed by atoms with Gasteiger partial charge in [0.25, 0.3) is 0 Å².